The van der Waals surface area contributed by atoms with Crippen LogP contribution in [0.5, 0.6) is 0 Å². The highest BCUT2D eigenvalue weighted by Crippen LogP contribution is 2.08. The van der Waals surface area contributed by atoms with Crippen molar-refractivity contribution < 1.29 is 4.79 Å². The highest BCUT2D eigenvalue weighted by atomic mass is 79.9. The molecule has 2 N–H and O–H groups in total. The lowest BCUT2D eigenvalue weighted by Gasteiger charge is -2.07. The highest BCUT2D eigenvalue weighted by molar-refractivity contribution is 9.10. The van der Waals surface area contributed by atoms with Crippen LogP contribution < -0.4 is 10.6 Å². The fourth-order valence-corrected chi connectivity index (χ4v) is 2.27. The fourth-order valence-electron chi connectivity index (χ4n) is 1.86. The number of amides is 1. The van der Waals surface area contributed by atoms with Crippen LogP contribution in [0, 0.1) is 6.92 Å². The molecule has 1 aromatic carbocycles. The summed E-state index contributed by atoms with van der Waals surface area (Å²) in [4.78, 5) is 16.0. The Balaban J connectivity index is 1.68. The highest BCUT2D eigenvalue weighted by Gasteiger charge is 2.03. The summed E-state index contributed by atoms with van der Waals surface area (Å²) >= 11 is 3.39. The standard InChI is InChI=1S/C16H18BrN3O/c1-12-2-4-14(5-3-12)16(21)20-7-6-18-9-13-8-15(17)11-19-10-13/h2-5,8,10-11,18H,6-7,9H2,1H3,(H,20,21). The number of pyridine rings is 1. The SMILES string of the molecule is Cc1ccc(C(=O)NCCNCc2cncc(Br)c2)cc1. The van der Waals surface area contributed by atoms with E-state index in [1.54, 1.807) is 6.20 Å². The molecule has 0 atom stereocenters. The predicted molar refractivity (Wildman–Crippen MR) is 87.2 cm³/mol. The van der Waals surface area contributed by atoms with E-state index in [4.69, 9.17) is 0 Å². The van der Waals surface area contributed by atoms with E-state index >= 15 is 0 Å². The quantitative estimate of drug-likeness (QED) is 0.790. The van der Waals surface area contributed by atoms with Gasteiger partial charge in [-0.05, 0) is 46.6 Å². The van der Waals surface area contributed by atoms with E-state index in [-0.39, 0.29) is 5.91 Å². The van der Waals surface area contributed by atoms with Crippen molar-refractivity contribution >= 4 is 21.8 Å². The number of carbonyl (C=O) groups excluding carboxylic acids is 1. The van der Waals surface area contributed by atoms with Crippen LogP contribution in [0.1, 0.15) is 21.5 Å². The van der Waals surface area contributed by atoms with Crippen LogP contribution in [0.2, 0.25) is 0 Å². The smallest absolute Gasteiger partial charge is 0.251 e. The Morgan fingerprint density at radius 3 is 2.67 bits per heavy atom. The molecule has 1 heterocycles. The van der Waals surface area contributed by atoms with Crippen molar-refractivity contribution in [3.63, 3.8) is 0 Å². The van der Waals surface area contributed by atoms with E-state index in [2.05, 4.69) is 31.5 Å². The Morgan fingerprint density at radius 2 is 1.95 bits per heavy atom. The van der Waals surface area contributed by atoms with Gasteiger partial charge in [0.05, 0.1) is 0 Å². The zero-order valence-electron chi connectivity index (χ0n) is 11.9. The normalized spacial score (nSPS) is 10.4. The summed E-state index contributed by atoms with van der Waals surface area (Å²) in [6, 6.07) is 9.57. The average Bonchev–Trinajstić information content (AvgIpc) is 2.47. The number of rotatable bonds is 6. The van der Waals surface area contributed by atoms with Crippen LogP contribution in [0.4, 0.5) is 0 Å². The van der Waals surface area contributed by atoms with Gasteiger partial charge in [-0.15, -0.1) is 0 Å². The fraction of sp³-hybridized carbons (Fsp3) is 0.250. The Labute approximate surface area is 133 Å². The van der Waals surface area contributed by atoms with Crippen molar-refractivity contribution in [3.05, 3.63) is 63.9 Å². The van der Waals surface area contributed by atoms with Crippen LogP contribution in [-0.4, -0.2) is 24.0 Å². The van der Waals surface area contributed by atoms with Crippen molar-refractivity contribution in [1.82, 2.24) is 15.6 Å². The number of aryl methyl sites for hydroxylation is 1. The molecule has 1 amide bonds. The third kappa shape index (κ3) is 5.28. The molecule has 0 aliphatic heterocycles. The topological polar surface area (TPSA) is 54.0 Å². The summed E-state index contributed by atoms with van der Waals surface area (Å²) in [7, 11) is 0. The van der Waals surface area contributed by atoms with E-state index < -0.39 is 0 Å². The Hall–Kier alpha value is -1.72. The van der Waals surface area contributed by atoms with Gasteiger partial charge < -0.3 is 10.6 Å². The van der Waals surface area contributed by atoms with E-state index in [0.717, 1.165) is 22.1 Å². The minimum absolute atomic E-state index is 0.0408. The first-order valence-corrected chi connectivity index (χ1v) is 7.59. The number of hydrogen-bond acceptors (Lipinski definition) is 3. The van der Waals surface area contributed by atoms with Crippen molar-refractivity contribution in [2.75, 3.05) is 13.1 Å². The van der Waals surface area contributed by atoms with Crippen LogP contribution in [0.15, 0.2) is 47.2 Å². The second kappa shape index (κ2) is 7.90. The zero-order chi connectivity index (χ0) is 15.1. The van der Waals surface area contributed by atoms with Gasteiger partial charge in [-0.3, -0.25) is 9.78 Å². The zero-order valence-corrected chi connectivity index (χ0v) is 13.5. The first-order valence-electron chi connectivity index (χ1n) is 6.80. The molecule has 21 heavy (non-hydrogen) atoms. The molecule has 0 aliphatic carbocycles. The number of hydrogen-bond donors (Lipinski definition) is 2. The van der Waals surface area contributed by atoms with Gasteiger partial charge in [-0.1, -0.05) is 17.7 Å². The van der Waals surface area contributed by atoms with Crippen molar-refractivity contribution in [1.29, 1.82) is 0 Å². The Bertz CT molecular complexity index is 599. The van der Waals surface area contributed by atoms with Crippen LogP contribution >= 0.6 is 15.9 Å². The maximum atomic E-state index is 11.9. The second-order valence-corrected chi connectivity index (χ2v) is 5.73. The molecule has 4 nitrogen and oxygen atoms in total. The van der Waals surface area contributed by atoms with Gasteiger partial charge in [-0.25, -0.2) is 0 Å². The van der Waals surface area contributed by atoms with Gasteiger partial charge in [0, 0.05) is 42.1 Å². The Morgan fingerprint density at radius 1 is 1.19 bits per heavy atom. The second-order valence-electron chi connectivity index (χ2n) is 4.81. The molecule has 1 aromatic heterocycles. The molecular formula is C16H18BrN3O. The molecule has 0 bridgehead atoms. The van der Waals surface area contributed by atoms with E-state index in [9.17, 15) is 4.79 Å². The molecular weight excluding hydrogens is 330 g/mol. The maximum Gasteiger partial charge on any atom is 0.251 e. The summed E-state index contributed by atoms with van der Waals surface area (Å²) in [6.45, 7) is 4.04. The van der Waals surface area contributed by atoms with Gasteiger partial charge in [0.2, 0.25) is 0 Å². The van der Waals surface area contributed by atoms with Gasteiger partial charge >= 0.3 is 0 Å². The van der Waals surface area contributed by atoms with E-state index in [1.807, 2.05) is 43.5 Å². The number of nitrogens with one attached hydrogen (secondary N) is 2. The molecule has 0 aliphatic rings. The van der Waals surface area contributed by atoms with Crippen LogP contribution in [0.3, 0.4) is 0 Å². The maximum absolute atomic E-state index is 11.9. The Kier molecular flexibility index (Phi) is 5.90. The molecule has 5 heteroatoms. The molecule has 2 rings (SSSR count). The minimum atomic E-state index is -0.0408. The van der Waals surface area contributed by atoms with Crippen molar-refractivity contribution in [2.24, 2.45) is 0 Å². The molecule has 0 fully saturated rings. The third-order valence-corrected chi connectivity index (χ3v) is 3.43. The largest absolute Gasteiger partial charge is 0.351 e. The molecule has 0 saturated heterocycles. The number of nitrogens with zero attached hydrogens (tertiary/aromatic N) is 1. The van der Waals surface area contributed by atoms with Crippen LogP contribution in [-0.2, 0) is 6.54 Å². The number of carbonyl (C=O) groups is 1. The summed E-state index contributed by atoms with van der Waals surface area (Å²) in [6.07, 6.45) is 3.58. The number of halogens is 1. The molecule has 2 aromatic rings. The third-order valence-electron chi connectivity index (χ3n) is 2.99. The summed E-state index contributed by atoms with van der Waals surface area (Å²) < 4.78 is 0.967. The molecule has 110 valence electrons. The predicted octanol–water partition coefficient (Wildman–Crippen LogP) is 2.67. The summed E-state index contributed by atoms with van der Waals surface area (Å²) in [5.74, 6) is -0.0408. The minimum Gasteiger partial charge on any atom is -0.351 e. The molecule has 0 unspecified atom stereocenters. The van der Waals surface area contributed by atoms with Crippen LogP contribution in [0.25, 0.3) is 0 Å². The summed E-state index contributed by atoms with van der Waals surface area (Å²) in [5, 5.41) is 6.16. The van der Waals surface area contributed by atoms with Crippen molar-refractivity contribution in [2.45, 2.75) is 13.5 Å². The monoisotopic (exact) mass is 347 g/mol. The van der Waals surface area contributed by atoms with Gasteiger partial charge in [0.15, 0.2) is 0 Å². The number of benzene rings is 1. The van der Waals surface area contributed by atoms with Gasteiger partial charge in [0.25, 0.3) is 5.91 Å². The lowest BCUT2D eigenvalue weighted by Crippen LogP contribution is -2.31. The lowest BCUT2D eigenvalue weighted by molar-refractivity contribution is 0.0954. The van der Waals surface area contributed by atoms with Gasteiger partial charge in [0.1, 0.15) is 0 Å². The number of aromatic nitrogens is 1. The first kappa shape index (κ1) is 15.7. The first-order chi connectivity index (χ1) is 10.1. The van der Waals surface area contributed by atoms with E-state index in [0.29, 0.717) is 18.7 Å². The van der Waals surface area contributed by atoms with Gasteiger partial charge in [-0.2, -0.15) is 0 Å². The van der Waals surface area contributed by atoms with E-state index in [1.165, 1.54) is 0 Å². The lowest BCUT2D eigenvalue weighted by atomic mass is 10.1. The molecule has 0 spiro atoms. The molecule has 0 saturated carbocycles. The summed E-state index contributed by atoms with van der Waals surface area (Å²) in [5.41, 5.74) is 2.95. The average molecular weight is 348 g/mol. The molecule has 0 radical (unpaired) electrons. The van der Waals surface area contributed by atoms with Crippen molar-refractivity contribution in [3.8, 4) is 0 Å².